The highest BCUT2D eigenvalue weighted by Crippen LogP contribution is 2.42. The highest BCUT2D eigenvalue weighted by molar-refractivity contribution is 7.15. The van der Waals surface area contributed by atoms with E-state index in [2.05, 4.69) is 15.2 Å². The summed E-state index contributed by atoms with van der Waals surface area (Å²) in [6.45, 7) is 2.46. The molecule has 156 valence electrons. The third-order valence-electron chi connectivity index (χ3n) is 5.17. The molecular weight excluding hydrogens is 412 g/mol. The Bertz CT molecular complexity index is 1340. The summed E-state index contributed by atoms with van der Waals surface area (Å²) < 4.78 is 6.77. The molecule has 1 aliphatic rings. The van der Waals surface area contributed by atoms with Gasteiger partial charge in [0.1, 0.15) is 10.8 Å². The second-order valence-corrected chi connectivity index (χ2v) is 8.29. The number of fused-ring (bicyclic) bond motifs is 1. The van der Waals surface area contributed by atoms with Gasteiger partial charge in [-0.15, -0.1) is 10.2 Å². The van der Waals surface area contributed by atoms with Gasteiger partial charge in [-0.05, 0) is 50.1 Å². The topological polar surface area (TPSA) is 89.6 Å². The van der Waals surface area contributed by atoms with E-state index in [-0.39, 0.29) is 11.4 Å². The average molecular weight is 433 g/mol. The molecule has 0 amide bonds. The Hall–Kier alpha value is -3.52. The lowest BCUT2D eigenvalue weighted by Crippen LogP contribution is -2.20. The summed E-state index contributed by atoms with van der Waals surface area (Å²) in [5.74, 6) is 1.03. The van der Waals surface area contributed by atoms with Crippen molar-refractivity contribution >= 4 is 33.5 Å². The summed E-state index contributed by atoms with van der Waals surface area (Å²) in [5.41, 5.74) is 0.687. The van der Waals surface area contributed by atoms with Gasteiger partial charge in [-0.1, -0.05) is 29.5 Å². The number of rotatable bonds is 6. The molecule has 0 atom stereocenters. The highest BCUT2D eigenvalue weighted by Gasteiger charge is 2.27. The lowest BCUT2D eigenvalue weighted by molar-refractivity contribution is 0.340. The van der Waals surface area contributed by atoms with Crippen molar-refractivity contribution in [2.24, 2.45) is 4.99 Å². The van der Waals surface area contributed by atoms with Gasteiger partial charge >= 0.3 is 0 Å². The summed E-state index contributed by atoms with van der Waals surface area (Å²) in [6.07, 6.45) is 3.85. The summed E-state index contributed by atoms with van der Waals surface area (Å²) >= 11 is 1.46. The van der Waals surface area contributed by atoms with Crippen molar-refractivity contribution in [3.05, 3.63) is 69.5 Å². The second kappa shape index (κ2) is 7.96. The first-order chi connectivity index (χ1) is 15.2. The Labute approximate surface area is 182 Å². The molecule has 2 heterocycles. The second-order valence-electron chi connectivity index (χ2n) is 7.31. The Morgan fingerprint density at radius 2 is 1.90 bits per heavy atom. The molecule has 1 N–H and O–H groups in total. The minimum absolute atomic E-state index is 0.177. The molecule has 5 rings (SSSR count). The fourth-order valence-electron chi connectivity index (χ4n) is 3.48. The van der Waals surface area contributed by atoms with Gasteiger partial charge in [0.25, 0.3) is 5.56 Å². The van der Waals surface area contributed by atoms with Crippen molar-refractivity contribution in [1.29, 1.82) is 0 Å². The van der Waals surface area contributed by atoms with Crippen LogP contribution in [0.15, 0.2) is 58.3 Å². The van der Waals surface area contributed by atoms with Gasteiger partial charge in [-0.2, -0.15) is 0 Å². The molecule has 0 spiro atoms. The summed E-state index contributed by atoms with van der Waals surface area (Å²) in [5, 5.41) is 22.1. The molecule has 7 nitrogen and oxygen atoms in total. The molecule has 0 aliphatic heterocycles. The van der Waals surface area contributed by atoms with Crippen LogP contribution >= 0.6 is 11.3 Å². The minimum atomic E-state index is -0.304. The zero-order valence-corrected chi connectivity index (χ0v) is 17.7. The van der Waals surface area contributed by atoms with Crippen molar-refractivity contribution in [3.63, 3.8) is 0 Å². The van der Waals surface area contributed by atoms with E-state index in [4.69, 9.17) is 4.74 Å². The van der Waals surface area contributed by atoms with E-state index in [1.165, 1.54) is 15.9 Å². The maximum absolute atomic E-state index is 13.2. The molecule has 2 aromatic heterocycles. The van der Waals surface area contributed by atoms with Crippen LogP contribution in [0.2, 0.25) is 0 Å². The van der Waals surface area contributed by atoms with Crippen LogP contribution in [0.4, 0.5) is 5.13 Å². The lowest BCUT2D eigenvalue weighted by Gasteiger charge is -2.14. The van der Waals surface area contributed by atoms with Crippen molar-refractivity contribution in [1.82, 2.24) is 14.8 Å². The van der Waals surface area contributed by atoms with Crippen LogP contribution in [0.3, 0.4) is 0 Å². The SMILES string of the molecule is CCOc1ccc(-n2c(O)c(/C=N/c3nnc(C4CC4)s3)c3ccccc3c2=O)cc1. The van der Waals surface area contributed by atoms with Crippen LogP contribution in [-0.4, -0.2) is 32.7 Å². The molecule has 0 radical (unpaired) electrons. The number of nitrogens with zero attached hydrogens (tertiary/aromatic N) is 4. The van der Waals surface area contributed by atoms with E-state index in [0.29, 0.717) is 45.4 Å². The van der Waals surface area contributed by atoms with Crippen molar-refractivity contribution in [2.45, 2.75) is 25.7 Å². The monoisotopic (exact) mass is 432 g/mol. The molecule has 31 heavy (non-hydrogen) atoms. The summed E-state index contributed by atoms with van der Waals surface area (Å²) in [4.78, 5) is 17.6. The zero-order chi connectivity index (χ0) is 21.4. The van der Waals surface area contributed by atoms with E-state index >= 15 is 0 Å². The molecule has 1 fully saturated rings. The third-order valence-corrected chi connectivity index (χ3v) is 6.16. The van der Waals surface area contributed by atoms with Crippen molar-refractivity contribution in [3.8, 4) is 17.3 Å². The van der Waals surface area contributed by atoms with Crippen LogP contribution in [0.5, 0.6) is 11.6 Å². The number of hydrogen-bond acceptors (Lipinski definition) is 7. The average Bonchev–Trinajstić information content (AvgIpc) is 3.53. The van der Waals surface area contributed by atoms with E-state index < -0.39 is 0 Å². The Morgan fingerprint density at radius 3 is 2.61 bits per heavy atom. The van der Waals surface area contributed by atoms with E-state index in [1.54, 1.807) is 48.7 Å². The fraction of sp³-hybridized carbons (Fsp3) is 0.217. The first-order valence-electron chi connectivity index (χ1n) is 10.1. The zero-order valence-electron chi connectivity index (χ0n) is 16.9. The quantitative estimate of drug-likeness (QED) is 0.451. The van der Waals surface area contributed by atoms with Crippen LogP contribution in [0.1, 0.15) is 36.3 Å². The van der Waals surface area contributed by atoms with Gasteiger partial charge in [0.2, 0.25) is 11.0 Å². The third kappa shape index (κ3) is 3.70. The van der Waals surface area contributed by atoms with Gasteiger partial charge in [0.05, 0.1) is 17.9 Å². The number of aliphatic imine (C=N–C) groups is 1. The maximum Gasteiger partial charge on any atom is 0.265 e. The molecule has 1 saturated carbocycles. The Morgan fingerprint density at radius 1 is 1.16 bits per heavy atom. The van der Waals surface area contributed by atoms with Gasteiger partial charge in [-0.25, -0.2) is 9.56 Å². The molecule has 0 unspecified atom stereocenters. The van der Waals surface area contributed by atoms with Gasteiger partial charge in [-0.3, -0.25) is 4.79 Å². The first kappa shape index (κ1) is 19.4. The smallest absolute Gasteiger partial charge is 0.265 e. The Balaban J connectivity index is 1.63. The normalized spacial score (nSPS) is 13.8. The fourth-order valence-corrected chi connectivity index (χ4v) is 4.34. The standard InChI is InChI=1S/C23H20N4O3S/c1-2-30-16-11-9-15(10-12-16)27-21(28)18-6-4-3-5-17(18)19(22(27)29)13-24-23-26-25-20(31-23)14-7-8-14/h3-6,9-14,29H,2,7-8H2,1H3/b24-13+. The van der Waals surface area contributed by atoms with E-state index in [0.717, 1.165) is 17.8 Å². The van der Waals surface area contributed by atoms with Gasteiger partial charge in [0.15, 0.2) is 0 Å². The largest absolute Gasteiger partial charge is 0.494 e. The van der Waals surface area contributed by atoms with Crippen molar-refractivity contribution < 1.29 is 9.84 Å². The number of aromatic nitrogens is 3. The summed E-state index contributed by atoms with van der Waals surface area (Å²) in [6, 6.07) is 14.2. The van der Waals surface area contributed by atoms with Gasteiger partial charge < -0.3 is 9.84 Å². The molecule has 1 aliphatic carbocycles. The van der Waals surface area contributed by atoms with Gasteiger partial charge in [0, 0.05) is 22.9 Å². The maximum atomic E-state index is 13.2. The van der Waals surface area contributed by atoms with Crippen LogP contribution in [-0.2, 0) is 0 Å². The predicted octanol–water partition coefficient (Wildman–Crippen LogP) is 4.57. The van der Waals surface area contributed by atoms with E-state index in [9.17, 15) is 9.90 Å². The van der Waals surface area contributed by atoms with Crippen molar-refractivity contribution in [2.75, 3.05) is 6.61 Å². The van der Waals surface area contributed by atoms with Crippen LogP contribution in [0.25, 0.3) is 16.5 Å². The molecule has 4 aromatic rings. The number of aromatic hydroxyl groups is 1. The minimum Gasteiger partial charge on any atom is -0.494 e. The van der Waals surface area contributed by atoms with Crippen LogP contribution < -0.4 is 10.3 Å². The molecule has 8 heteroatoms. The lowest BCUT2D eigenvalue weighted by atomic mass is 10.1. The number of ether oxygens (including phenoxy) is 1. The molecule has 2 aromatic carbocycles. The van der Waals surface area contributed by atoms with Crippen LogP contribution in [0, 0.1) is 0 Å². The number of pyridine rings is 1. The molecule has 0 bridgehead atoms. The molecular formula is C23H20N4O3S. The summed E-state index contributed by atoms with van der Waals surface area (Å²) in [7, 11) is 0. The molecule has 0 saturated heterocycles. The number of hydrogen-bond donors (Lipinski definition) is 1. The van der Waals surface area contributed by atoms with E-state index in [1.807, 2.05) is 13.0 Å². The number of benzene rings is 2. The Kier molecular flexibility index (Phi) is 4.99. The highest BCUT2D eigenvalue weighted by atomic mass is 32.1. The predicted molar refractivity (Wildman–Crippen MR) is 122 cm³/mol. The first-order valence-corrected chi connectivity index (χ1v) is 10.9.